The van der Waals surface area contributed by atoms with Crippen LogP contribution in [-0.4, -0.2) is 24.7 Å². The molecule has 5 nitrogen and oxygen atoms in total. The molecule has 0 fully saturated rings. The Labute approximate surface area is 102 Å². The molecule has 1 rings (SSSR count). The van der Waals surface area contributed by atoms with Crippen molar-refractivity contribution in [1.82, 2.24) is 4.98 Å². The second-order valence-electron chi connectivity index (χ2n) is 3.37. The number of H-pyrrole nitrogens is 1. The van der Waals surface area contributed by atoms with Crippen LogP contribution >= 0.6 is 0 Å². The fraction of sp³-hybridized carbons (Fsp3) is 0.455. The van der Waals surface area contributed by atoms with Gasteiger partial charge in [0.25, 0.3) is 6.43 Å². The Morgan fingerprint density at radius 2 is 2.17 bits per heavy atom. The first-order chi connectivity index (χ1) is 8.51. The quantitative estimate of drug-likeness (QED) is 0.814. The molecule has 0 aliphatic rings. The molecular weight excluding hydrogens is 248 g/mol. The number of esters is 1. The molecule has 1 N–H and O–H groups in total. The van der Waals surface area contributed by atoms with Gasteiger partial charge in [0, 0.05) is 6.20 Å². The summed E-state index contributed by atoms with van der Waals surface area (Å²) in [7, 11) is 1.18. The molecular formula is C11H13F2NO4. The minimum absolute atomic E-state index is 0.116. The number of halogens is 2. The smallest absolute Gasteiger partial charge is 0.311 e. The molecule has 0 atom stereocenters. The van der Waals surface area contributed by atoms with Crippen LogP contribution in [0.15, 0.2) is 11.0 Å². The van der Waals surface area contributed by atoms with Gasteiger partial charge in [-0.15, -0.1) is 0 Å². The SMILES string of the molecule is CCOC(=O)Cc1[nH]cc(C(F)F)c(=O)c1OC. The molecule has 0 aliphatic heterocycles. The Balaban J connectivity index is 3.11. The fourth-order valence-electron chi connectivity index (χ4n) is 1.43. The van der Waals surface area contributed by atoms with E-state index < -0.39 is 23.4 Å². The highest BCUT2D eigenvalue weighted by Gasteiger charge is 2.20. The Hall–Kier alpha value is -1.92. The second-order valence-corrected chi connectivity index (χ2v) is 3.37. The number of nitrogens with one attached hydrogen (secondary N) is 1. The topological polar surface area (TPSA) is 68.4 Å². The number of rotatable bonds is 5. The van der Waals surface area contributed by atoms with Crippen molar-refractivity contribution in [2.45, 2.75) is 19.8 Å². The second kappa shape index (κ2) is 6.13. The Morgan fingerprint density at radius 3 is 2.67 bits per heavy atom. The van der Waals surface area contributed by atoms with Crippen LogP contribution in [0.5, 0.6) is 5.75 Å². The van der Waals surface area contributed by atoms with E-state index >= 15 is 0 Å². The van der Waals surface area contributed by atoms with Gasteiger partial charge in [0.15, 0.2) is 5.75 Å². The van der Waals surface area contributed by atoms with E-state index in [9.17, 15) is 18.4 Å². The Bertz CT molecular complexity index is 484. The minimum Gasteiger partial charge on any atom is -0.491 e. The number of pyridine rings is 1. The van der Waals surface area contributed by atoms with Gasteiger partial charge in [-0.05, 0) is 6.92 Å². The van der Waals surface area contributed by atoms with Gasteiger partial charge in [-0.2, -0.15) is 0 Å². The van der Waals surface area contributed by atoms with Gasteiger partial charge in [-0.3, -0.25) is 9.59 Å². The number of ether oxygens (including phenoxy) is 2. The molecule has 100 valence electrons. The number of carbonyl (C=O) groups excluding carboxylic acids is 1. The molecule has 18 heavy (non-hydrogen) atoms. The van der Waals surface area contributed by atoms with Crippen LogP contribution in [0.1, 0.15) is 24.6 Å². The average Bonchev–Trinajstić information content (AvgIpc) is 2.29. The molecule has 0 unspecified atom stereocenters. The lowest BCUT2D eigenvalue weighted by Crippen LogP contribution is -2.18. The van der Waals surface area contributed by atoms with Gasteiger partial charge >= 0.3 is 5.97 Å². The summed E-state index contributed by atoms with van der Waals surface area (Å²) in [5.41, 5.74) is -1.50. The van der Waals surface area contributed by atoms with Gasteiger partial charge in [0.1, 0.15) is 0 Å². The number of aromatic amines is 1. The number of alkyl halides is 2. The van der Waals surface area contributed by atoms with Crippen molar-refractivity contribution in [3.63, 3.8) is 0 Å². The normalized spacial score (nSPS) is 10.5. The van der Waals surface area contributed by atoms with Crippen molar-refractivity contribution >= 4 is 5.97 Å². The van der Waals surface area contributed by atoms with Crippen molar-refractivity contribution in [2.24, 2.45) is 0 Å². The van der Waals surface area contributed by atoms with Gasteiger partial charge in [0.05, 0.1) is 31.4 Å². The summed E-state index contributed by atoms with van der Waals surface area (Å²) in [5.74, 6) is -0.864. The van der Waals surface area contributed by atoms with Crippen molar-refractivity contribution in [1.29, 1.82) is 0 Å². The van der Waals surface area contributed by atoms with Gasteiger partial charge < -0.3 is 14.5 Å². The average molecular weight is 261 g/mol. The maximum absolute atomic E-state index is 12.5. The van der Waals surface area contributed by atoms with E-state index in [1.165, 1.54) is 7.11 Å². The molecule has 0 bridgehead atoms. The van der Waals surface area contributed by atoms with Crippen LogP contribution in [-0.2, 0) is 16.0 Å². The van der Waals surface area contributed by atoms with E-state index in [-0.39, 0.29) is 24.5 Å². The summed E-state index contributed by atoms with van der Waals surface area (Å²) in [5, 5.41) is 0. The first kappa shape index (κ1) is 14.1. The molecule has 0 spiro atoms. The standard InChI is InChI=1S/C11H13F2NO4/c1-3-18-8(15)4-7-10(17-2)9(16)6(5-14-7)11(12)13/h5,11H,3-4H2,1-2H3,(H,14,16). The highest BCUT2D eigenvalue weighted by molar-refractivity contribution is 5.72. The van der Waals surface area contributed by atoms with E-state index in [2.05, 4.69) is 4.98 Å². The third kappa shape index (κ3) is 3.06. The summed E-state index contributed by atoms with van der Waals surface area (Å²) in [6.45, 7) is 1.83. The summed E-state index contributed by atoms with van der Waals surface area (Å²) in [6.07, 6.45) is -2.26. The number of aromatic nitrogens is 1. The van der Waals surface area contributed by atoms with E-state index in [1.54, 1.807) is 6.92 Å². The zero-order valence-electron chi connectivity index (χ0n) is 9.96. The summed E-state index contributed by atoms with van der Waals surface area (Å²) >= 11 is 0. The first-order valence-corrected chi connectivity index (χ1v) is 5.23. The van der Waals surface area contributed by atoms with Crippen LogP contribution in [0.4, 0.5) is 8.78 Å². The summed E-state index contributed by atoms with van der Waals surface area (Å²) < 4.78 is 34.4. The third-order valence-corrected chi connectivity index (χ3v) is 2.21. The monoisotopic (exact) mass is 261 g/mol. The summed E-state index contributed by atoms with van der Waals surface area (Å²) in [4.78, 5) is 25.3. The van der Waals surface area contributed by atoms with Crippen molar-refractivity contribution < 1.29 is 23.0 Å². The molecule has 1 aromatic heterocycles. The predicted octanol–water partition coefficient (Wildman–Crippen LogP) is 1.43. The molecule has 0 radical (unpaired) electrons. The number of hydrogen-bond donors (Lipinski definition) is 1. The van der Waals surface area contributed by atoms with Crippen LogP contribution in [0, 0.1) is 0 Å². The molecule has 0 aromatic carbocycles. The fourth-order valence-corrected chi connectivity index (χ4v) is 1.43. The van der Waals surface area contributed by atoms with Crippen LogP contribution in [0.3, 0.4) is 0 Å². The lowest BCUT2D eigenvalue weighted by molar-refractivity contribution is -0.142. The Morgan fingerprint density at radius 1 is 1.50 bits per heavy atom. The molecule has 1 aromatic rings. The maximum atomic E-state index is 12.5. The van der Waals surface area contributed by atoms with E-state index in [0.29, 0.717) is 0 Å². The highest BCUT2D eigenvalue weighted by Crippen LogP contribution is 2.19. The van der Waals surface area contributed by atoms with E-state index in [4.69, 9.17) is 9.47 Å². The zero-order valence-corrected chi connectivity index (χ0v) is 9.96. The van der Waals surface area contributed by atoms with Gasteiger partial charge in [0.2, 0.25) is 5.43 Å². The Kier molecular flexibility index (Phi) is 4.82. The van der Waals surface area contributed by atoms with Crippen LogP contribution in [0.2, 0.25) is 0 Å². The molecule has 0 aliphatic carbocycles. The molecule has 7 heteroatoms. The molecule has 1 heterocycles. The maximum Gasteiger partial charge on any atom is 0.311 e. The largest absolute Gasteiger partial charge is 0.491 e. The van der Waals surface area contributed by atoms with Gasteiger partial charge in [-0.1, -0.05) is 0 Å². The van der Waals surface area contributed by atoms with Crippen molar-refractivity contribution in [2.75, 3.05) is 13.7 Å². The van der Waals surface area contributed by atoms with Crippen LogP contribution < -0.4 is 10.2 Å². The summed E-state index contributed by atoms with van der Waals surface area (Å²) in [6, 6.07) is 0. The van der Waals surface area contributed by atoms with Crippen LogP contribution in [0.25, 0.3) is 0 Å². The minimum atomic E-state index is -2.90. The van der Waals surface area contributed by atoms with E-state index in [0.717, 1.165) is 6.20 Å². The van der Waals surface area contributed by atoms with Gasteiger partial charge in [-0.25, -0.2) is 8.78 Å². The molecule has 0 saturated carbocycles. The lowest BCUT2D eigenvalue weighted by atomic mass is 10.2. The first-order valence-electron chi connectivity index (χ1n) is 5.23. The van der Waals surface area contributed by atoms with Crippen molar-refractivity contribution in [3.05, 3.63) is 27.7 Å². The number of carbonyl (C=O) groups is 1. The number of methoxy groups -OCH3 is 1. The lowest BCUT2D eigenvalue weighted by Gasteiger charge is -2.09. The molecule has 0 saturated heterocycles. The molecule has 0 amide bonds. The number of hydrogen-bond acceptors (Lipinski definition) is 4. The van der Waals surface area contributed by atoms with Crippen molar-refractivity contribution in [3.8, 4) is 5.75 Å². The highest BCUT2D eigenvalue weighted by atomic mass is 19.3. The van der Waals surface area contributed by atoms with E-state index in [1.807, 2.05) is 0 Å². The zero-order chi connectivity index (χ0) is 13.7. The third-order valence-electron chi connectivity index (χ3n) is 2.21. The predicted molar refractivity (Wildman–Crippen MR) is 58.9 cm³/mol.